The first-order chi connectivity index (χ1) is 11.8. The van der Waals surface area contributed by atoms with Crippen molar-refractivity contribution in [1.82, 2.24) is 4.98 Å². The van der Waals surface area contributed by atoms with Gasteiger partial charge in [0, 0.05) is 27.2 Å². The quantitative estimate of drug-likeness (QED) is 0.665. The lowest BCUT2D eigenvalue weighted by Gasteiger charge is -2.16. The average Bonchev–Trinajstić information content (AvgIpc) is 2.55. The highest BCUT2D eigenvalue weighted by atomic mass is 35.5. The monoisotopic (exact) mass is 359 g/mol. The normalized spacial score (nSPS) is 12.1. The Balaban J connectivity index is 1.98. The Morgan fingerprint density at radius 1 is 1.28 bits per heavy atom. The lowest BCUT2D eigenvalue weighted by atomic mass is 10.1. The van der Waals surface area contributed by atoms with Crippen LogP contribution in [0.1, 0.15) is 28.9 Å². The van der Waals surface area contributed by atoms with Crippen LogP contribution < -0.4 is 16.6 Å². The second-order valence-corrected chi connectivity index (χ2v) is 6.15. The number of hydrogen-bond donors (Lipinski definition) is 3. The van der Waals surface area contributed by atoms with E-state index in [-0.39, 0.29) is 10.5 Å². The van der Waals surface area contributed by atoms with Crippen LogP contribution in [0.25, 0.3) is 10.9 Å². The summed E-state index contributed by atoms with van der Waals surface area (Å²) in [4.78, 5) is 26.1. The van der Waals surface area contributed by atoms with E-state index in [1.165, 1.54) is 0 Å². The zero-order valence-electron chi connectivity index (χ0n) is 13.3. The van der Waals surface area contributed by atoms with E-state index < -0.39 is 23.3 Å². The van der Waals surface area contributed by atoms with Crippen LogP contribution in [0.3, 0.4) is 0 Å². The fourth-order valence-corrected chi connectivity index (χ4v) is 2.88. The van der Waals surface area contributed by atoms with Crippen molar-refractivity contribution in [3.05, 3.63) is 74.8 Å². The number of rotatable bonds is 4. The predicted molar refractivity (Wildman–Crippen MR) is 96.5 cm³/mol. The largest absolute Gasteiger partial charge is 0.378 e. The molecule has 128 valence electrons. The summed E-state index contributed by atoms with van der Waals surface area (Å²) in [6.45, 7) is 1.79. The SMILES string of the molecule is CC(Nc1cccc(C(N)=O)c1)c1cc2cc(Cl)cc(F)c2[nH]c1=O. The second kappa shape index (κ2) is 6.57. The van der Waals surface area contributed by atoms with Crippen LogP contribution in [0.15, 0.2) is 47.3 Å². The number of aromatic nitrogens is 1. The molecule has 5 nitrogen and oxygen atoms in total. The molecule has 0 saturated carbocycles. The Hall–Kier alpha value is -2.86. The molecule has 3 rings (SSSR count). The Morgan fingerprint density at radius 3 is 2.76 bits per heavy atom. The maximum atomic E-state index is 13.9. The van der Waals surface area contributed by atoms with E-state index in [0.717, 1.165) is 6.07 Å². The summed E-state index contributed by atoms with van der Waals surface area (Å²) in [6, 6.07) is 10.6. The summed E-state index contributed by atoms with van der Waals surface area (Å²) in [6.07, 6.45) is 0. The Bertz CT molecular complexity index is 1030. The highest BCUT2D eigenvalue weighted by Gasteiger charge is 2.14. The van der Waals surface area contributed by atoms with E-state index in [1.54, 1.807) is 43.3 Å². The van der Waals surface area contributed by atoms with Crippen molar-refractivity contribution < 1.29 is 9.18 Å². The first kappa shape index (κ1) is 17.0. The van der Waals surface area contributed by atoms with Crippen molar-refractivity contribution >= 4 is 34.1 Å². The van der Waals surface area contributed by atoms with Gasteiger partial charge in [-0.3, -0.25) is 9.59 Å². The van der Waals surface area contributed by atoms with E-state index in [2.05, 4.69) is 10.3 Å². The third-order valence-electron chi connectivity index (χ3n) is 3.89. The van der Waals surface area contributed by atoms with E-state index in [0.29, 0.717) is 22.2 Å². The Labute approximate surface area is 147 Å². The molecule has 4 N–H and O–H groups in total. The number of benzene rings is 2. The molecule has 1 aromatic heterocycles. The third-order valence-corrected chi connectivity index (χ3v) is 4.11. The molecule has 2 aromatic carbocycles. The van der Waals surface area contributed by atoms with Crippen LogP contribution in [0, 0.1) is 5.82 Å². The molecule has 0 aliphatic heterocycles. The minimum absolute atomic E-state index is 0.112. The molecule has 3 aromatic rings. The molecule has 1 atom stereocenters. The first-order valence-corrected chi connectivity index (χ1v) is 7.91. The summed E-state index contributed by atoms with van der Waals surface area (Å²) >= 11 is 5.88. The molecule has 25 heavy (non-hydrogen) atoms. The van der Waals surface area contributed by atoms with Crippen molar-refractivity contribution in [2.24, 2.45) is 5.73 Å². The Morgan fingerprint density at radius 2 is 2.04 bits per heavy atom. The smallest absolute Gasteiger partial charge is 0.253 e. The number of carbonyl (C=O) groups excluding carboxylic acids is 1. The molecule has 1 amide bonds. The number of halogens is 2. The van der Waals surface area contributed by atoms with Crippen LogP contribution in [0.5, 0.6) is 0 Å². The number of pyridine rings is 1. The number of fused-ring (bicyclic) bond motifs is 1. The topological polar surface area (TPSA) is 88.0 Å². The maximum Gasteiger partial charge on any atom is 0.253 e. The van der Waals surface area contributed by atoms with Gasteiger partial charge in [0.25, 0.3) is 5.56 Å². The van der Waals surface area contributed by atoms with Crippen LogP contribution in [-0.4, -0.2) is 10.9 Å². The summed E-state index contributed by atoms with van der Waals surface area (Å²) in [5.41, 5.74) is 6.39. The summed E-state index contributed by atoms with van der Waals surface area (Å²) in [5, 5.41) is 3.88. The number of hydrogen-bond acceptors (Lipinski definition) is 3. The predicted octanol–water partition coefficient (Wildman–Crippen LogP) is 3.59. The maximum absolute atomic E-state index is 13.9. The molecule has 0 aliphatic rings. The van der Waals surface area contributed by atoms with Crippen molar-refractivity contribution in [2.75, 3.05) is 5.32 Å². The molecule has 0 bridgehead atoms. The van der Waals surface area contributed by atoms with Crippen LogP contribution in [-0.2, 0) is 0 Å². The molecular weight excluding hydrogens is 345 g/mol. The summed E-state index contributed by atoms with van der Waals surface area (Å²) in [5.74, 6) is -1.12. The molecule has 0 aliphatic carbocycles. The number of nitrogens with two attached hydrogens (primary N) is 1. The first-order valence-electron chi connectivity index (χ1n) is 7.53. The van der Waals surface area contributed by atoms with Gasteiger partial charge in [0.15, 0.2) is 0 Å². The molecule has 0 radical (unpaired) electrons. The van der Waals surface area contributed by atoms with E-state index in [4.69, 9.17) is 17.3 Å². The van der Waals surface area contributed by atoms with Gasteiger partial charge in [-0.1, -0.05) is 17.7 Å². The molecule has 0 spiro atoms. The number of H-pyrrole nitrogens is 1. The minimum Gasteiger partial charge on any atom is -0.378 e. The highest BCUT2D eigenvalue weighted by molar-refractivity contribution is 6.31. The lowest BCUT2D eigenvalue weighted by Crippen LogP contribution is -2.20. The number of nitrogens with one attached hydrogen (secondary N) is 2. The van der Waals surface area contributed by atoms with Gasteiger partial charge in [-0.15, -0.1) is 0 Å². The van der Waals surface area contributed by atoms with Crippen LogP contribution in [0.4, 0.5) is 10.1 Å². The van der Waals surface area contributed by atoms with E-state index in [9.17, 15) is 14.0 Å². The summed E-state index contributed by atoms with van der Waals surface area (Å²) < 4.78 is 13.9. The number of aromatic amines is 1. The number of amides is 1. The minimum atomic E-state index is -0.582. The number of primary amides is 1. The van der Waals surface area contributed by atoms with E-state index in [1.807, 2.05) is 0 Å². The Kier molecular flexibility index (Phi) is 4.46. The molecule has 1 heterocycles. The molecule has 0 saturated heterocycles. The zero-order valence-corrected chi connectivity index (χ0v) is 14.0. The van der Waals surface area contributed by atoms with Gasteiger partial charge in [-0.05, 0) is 43.3 Å². The number of anilines is 1. The summed E-state index contributed by atoms with van der Waals surface area (Å²) in [7, 11) is 0. The van der Waals surface area contributed by atoms with Crippen molar-refractivity contribution in [3.8, 4) is 0 Å². The molecule has 0 fully saturated rings. The van der Waals surface area contributed by atoms with Crippen molar-refractivity contribution in [3.63, 3.8) is 0 Å². The average molecular weight is 360 g/mol. The van der Waals surface area contributed by atoms with Gasteiger partial charge >= 0.3 is 0 Å². The van der Waals surface area contributed by atoms with Gasteiger partial charge in [0.05, 0.1) is 11.6 Å². The standard InChI is InChI=1S/C18H15ClFN3O2/c1-9(22-13-4-2-3-10(6-13)17(21)24)14-7-11-5-12(19)8-15(20)16(11)23-18(14)25/h2-9,22H,1H3,(H2,21,24)(H,23,25). The van der Waals surface area contributed by atoms with E-state index >= 15 is 0 Å². The zero-order chi connectivity index (χ0) is 18.1. The fourth-order valence-electron chi connectivity index (χ4n) is 2.67. The van der Waals surface area contributed by atoms with Gasteiger partial charge in [-0.2, -0.15) is 0 Å². The van der Waals surface area contributed by atoms with Crippen molar-refractivity contribution in [2.45, 2.75) is 13.0 Å². The van der Waals surface area contributed by atoms with Gasteiger partial charge < -0.3 is 16.0 Å². The van der Waals surface area contributed by atoms with Crippen molar-refractivity contribution in [1.29, 1.82) is 0 Å². The number of carbonyl (C=O) groups is 1. The fraction of sp³-hybridized carbons (Fsp3) is 0.111. The van der Waals surface area contributed by atoms with Crippen LogP contribution in [0.2, 0.25) is 5.02 Å². The lowest BCUT2D eigenvalue weighted by molar-refractivity contribution is 0.100. The molecular formula is C18H15ClFN3O2. The molecule has 7 heteroatoms. The highest BCUT2D eigenvalue weighted by Crippen LogP contribution is 2.24. The third kappa shape index (κ3) is 3.49. The van der Waals surface area contributed by atoms with Gasteiger partial charge in [0.2, 0.25) is 5.91 Å². The molecule has 1 unspecified atom stereocenters. The second-order valence-electron chi connectivity index (χ2n) is 5.72. The van der Waals surface area contributed by atoms with Gasteiger partial charge in [0.1, 0.15) is 5.82 Å². The van der Waals surface area contributed by atoms with Gasteiger partial charge in [-0.25, -0.2) is 4.39 Å². The van der Waals surface area contributed by atoms with Crippen LogP contribution >= 0.6 is 11.6 Å².